The molecule has 2 aromatic rings. The van der Waals surface area contributed by atoms with Gasteiger partial charge in [0.15, 0.2) is 5.78 Å². The van der Waals surface area contributed by atoms with E-state index in [4.69, 9.17) is 0 Å². The van der Waals surface area contributed by atoms with E-state index in [2.05, 4.69) is 5.32 Å². The maximum Gasteiger partial charge on any atom is 0.299 e. The number of rotatable bonds is 4. The van der Waals surface area contributed by atoms with Crippen molar-refractivity contribution in [1.29, 1.82) is 5.26 Å². The topological polar surface area (TPSA) is 107 Å². The number of nitrogens with one attached hydrogen (secondary N) is 1. The first-order valence-electron chi connectivity index (χ1n) is 7.64. The lowest BCUT2D eigenvalue weighted by Crippen LogP contribution is -2.37. The summed E-state index contributed by atoms with van der Waals surface area (Å²) in [5.74, 6) is -2.18. The summed E-state index contributed by atoms with van der Waals surface area (Å²) in [6.07, 6.45) is 0. The van der Waals surface area contributed by atoms with Gasteiger partial charge in [0.2, 0.25) is 5.91 Å². The zero-order valence-corrected chi connectivity index (χ0v) is 14.8. The molecule has 0 fully saturated rings. The Bertz CT molecular complexity index is 1020. The van der Waals surface area contributed by atoms with Gasteiger partial charge in [-0.15, -0.1) is 11.3 Å². The molecule has 1 aromatic carbocycles. The minimum absolute atomic E-state index is 0.196. The summed E-state index contributed by atoms with van der Waals surface area (Å²) >= 11 is 1.02. The van der Waals surface area contributed by atoms with Crippen molar-refractivity contribution in [3.05, 3.63) is 45.8 Å². The molecule has 1 aliphatic rings. The molecule has 0 saturated heterocycles. The Morgan fingerprint density at radius 3 is 2.62 bits per heavy atom. The molecule has 8 heteroatoms. The summed E-state index contributed by atoms with van der Waals surface area (Å²) in [6.45, 7) is 2.66. The van der Waals surface area contributed by atoms with E-state index in [1.54, 1.807) is 25.1 Å². The van der Waals surface area contributed by atoms with E-state index in [9.17, 15) is 24.4 Å². The van der Waals surface area contributed by atoms with E-state index >= 15 is 0 Å². The second-order valence-electron chi connectivity index (χ2n) is 5.71. The molecule has 2 amide bonds. The second-order valence-corrected chi connectivity index (χ2v) is 6.73. The van der Waals surface area contributed by atoms with Gasteiger partial charge in [0.1, 0.15) is 17.6 Å². The van der Waals surface area contributed by atoms with Crippen molar-refractivity contribution < 1.29 is 19.2 Å². The number of carbonyl (C=O) groups excluding carboxylic acids is 4. The van der Waals surface area contributed by atoms with Crippen LogP contribution in [-0.4, -0.2) is 29.9 Å². The molecule has 0 bridgehead atoms. The molecule has 3 rings (SSSR count). The average Bonchev–Trinajstić information content (AvgIpc) is 3.05. The Labute approximate surface area is 152 Å². The third kappa shape index (κ3) is 2.78. The first kappa shape index (κ1) is 17.5. The summed E-state index contributed by atoms with van der Waals surface area (Å²) in [4.78, 5) is 49.6. The average molecular weight is 367 g/mol. The second kappa shape index (κ2) is 6.54. The van der Waals surface area contributed by atoms with Gasteiger partial charge in [-0.25, -0.2) is 0 Å². The van der Waals surface area contributed by atoms with E-state index < -0.39 is 17.6 Å². The van der Waals surface area contributed by atoms with Crippen LogP contribution in [0.1, 0.15) is 38.1 Å². The van der Waals surface area contributed by atoms with Crippen LogP contribution < -0.4 is 10.2 Å². The number of nitrogens with zero attached hydrogens (tertiary/aromatic N) is 2. The number of amides is 2. The van der Waals surface area contributed by atoms with Crippen LogP contribution in [0.4, 0.5) is 10.7 Å². The maximum absolute atomic E-state index is 12.4. The fourth-order valence-corrected chi connectivity index (χ4v) is 3.86. The minimum Gasteiger partial charge on any atom is -0.315 e. The molecule has 0 unspecified atom stereocenters. The predicted molar refractivity (Wildman–Crippen MR) is 95.5 cm³/mol. The molecule has 0 radical (unpaired) electrons. The Morgan fingerprint density at radius 2 is 1.96 bits per heavy atom. The van der Waals surface area contributed by atoms with Gasteiger partial charge in [0.05, 0.1) is 21.7 Å². The molecule has 0 spiro atoms. The van der Waals surface area contributed by atoms with Gasteiger partial charge in [-0.2, -0.15) is 5.26 Å². The van der Waals surface area contributed by atoms with Crippen LogP contribution in [0.2, 0.25) is 0 Å². The molecule has 1 aromatic heterocycles. The van der Waals surface area contributed by atoms with E-state index in [0.29, 0.717) is 16.1 Å². The van der Waals surface area contributed by atoms with Crippen LogP contribution in [0.15, 0.2) is 24.3 Å². The molecule has 1 aliphatic heterocycles. The quantitative estimate of drug-likeness (QED) is 0.659. The number of anilines is 2. The van der Waals surface area contributed by atoms with E-state index in [1.807, 2.05) is 6.07 Å². The van der Waals surface area contributed by atoms with Crippen LogP contribution in [0.3, 0.4) is 0 Å². The monoisotopic (exact) mass is 367 g/mol. The van der Waals surface area contributed by atoms with Gasteiger partial charge in [-0.3, -0.25) is 24.1 Å². The zero-order chi connectivity index (χ0) is 19.0. The number of Topliss-reactive ketones (excluding diaryl/α,β-unsaturated/α-hetero) is 2. The van der Waals surface area contributed by atoms with Crippen molar-refractivity contribution in [1.82, 2.24) is 0 Å². The third-order valence-electron chi connectivity index (χ3n) is 4.01. The van der Waals surface area contributed by atoms with Crippen LogP contribution in [-0.2, 0) is 9.59 Å². The minimum atomic E-state index is -0.770. The van der Waals surface area contributed by atoms with E-state index in [-0.39, 0.29) is 28.5 Å². The lowest BCUT2D eigenvalue weighted by molar-refractivity contribution is -0.118. The van der Waals surface area contributed by atoms with Gasteiger partial charge < -0.3 is 5.32 Å². The third-order valence-corrected chi connectivity index (χ3v) is 5.32. The highest BCUT2D eigenvalue weighted by Crippen LogP contribution is 2.33. The number of para-hydroxylation sites is 1. The van der Waals surface area contributed by atoms with Crippen molar-refractivity contribution in [2.24, 2.45) is 0 Å². The lowest BCUT2D eigenvalue weighted by Gasteiger charge is -2.15. The van der Waals surface area contributed by atoms with Crippen LogP contribution in [0.5, 0.6) is 0 Å². The summed E-state index contributed by atoms with van der Waals surface area (Å²) in [5, 5.41) is 12.1. The first-order valence-corrected chi connectivity index (χ1v) is 8.46. The predicted octanol–water partition coefficient (Wildman–Crippen LogP) is 2.30. The van der Waals surface area contributed by atoms with Crippen LogP contribution >= 0.6 is 11.3 Å². The van der Waals surface area contributed by atoms with Gasteiger partial charge >= 0.3 is 0 Å². The van der Waals surface area contributed by atoms with E-state index in [0.717, 1.165) is 16.2 Å². The fourth-order valence-electron chi connectivity index (χ4n) is 2.79. The Balaban J connectivity index is 1.84. The smallest absolute Gasteiger partial charge is 0.299 e. The number of thiophene rings is 1. The molecule has 130 valence electrons. The standard InChI is InChI=1S/C18H13N3O4S/c1-9-12(7-19)17(26-16(9)10(2)22)20-14(23)8-21-13-6-4-3-5-11(13)15(24)18(21)25/h3-6H,8H2,1-2H3,(H,20,23). The van der Waals surface area contributed by atoms with Crippen LogP contribution in [0.25, 0.3) is 0 Å². The Hall–Kier alpha value is -3.31. The summed E-state index contributed by atoms with van der Waals surface area (Å²) in [5.41, 5.74) is 1.37. The Kier molecular flexibility index (Phi) is 4.40. The number of fused-ring (bicyclic) bond motifs is 1. The molecular formula is C18H13N3O4S. The highest BCUT2D eigenvalue weighted by atomic mass is 32.1. The number of ketones is 2. The number of benzene rings is 1. The number of hydrogen-bond donors (Lipinski definition) is 1. The summed E-state index contributed by atoms with van der Waals surface area (Å²) < 4.78 is 0. The highest BCUT2D eigenvalue weighted by molar-refractivity contribution is 7.18. The molecule has 0 atom stereocenters. The van der Waals surface area contributed by atoms with Gasteiger partial charge in [0, 0.05) is 0 Å². The highest BCUT2D eigenvalue weighted by Gasteiger charge is 2.36. The summed E-state index contributed by atoms with van der Waals surface area (Å²) in [6, 6.07) is 8.42. The maximum atomic E-state index is 12.4. The largest absolute Gasteiger partial charge is 0.315 e. The fraction of sp³-hybridized carbons (Fsp3) is 0.167. The lowest BCUT2D eigenvalue weighted by atomic mass is 10.1. The number of hydrogen-bond acceptors (Lipinski definition) is 6. The van der Waals surface area contributed by atoms with E-state index in [1.165, 1.54) is 13.0 Å². The number of nitriles is 1. The van der Waals surface area contributed by atoms with Crippen molar-refractivity contribution in [3.8, 4) is 6.07 Å². The van der Waals surface area contributed by atoms with Gasteiger partial charge in [0.25, 0.3) is 11.7 Å². The van der Waals surface area contributed by atoms with Crippen molar-refractivity contribution in [2.45, 2.75) is 13.8 Å². The number of carbonyl (C=O) groups is 4. The molecule has 7 nitrogen and oxygen atoms in total. The molecule has 1 N–H and O–H groups in total. The summed E-state index contributed by atoms with van der Waals surface area (Å²) in [7, 11) is 0. The Morgan fingerprint density at radius 1 is 1.27 bits per heavy atom. The zero-order valence-electron chi connectivity index (χ0n) is 14.0. The molecule has 0 aliphatic carbocycles. The molecular weight excluding hydrogens is 354 g/mol. The SMILES string of the molecule is CC(=O)c1sc(NC(=O)CN2C(=O)C(=O)c3ccccc32)c(C#N)c1C. The van der Waals surface area contributed by atoms with Gasteiger partial charge in [-0.1, -0.05) is 12.1 Å². The van der Waals surface area contributed by atoms with Crippen molar-refractivity contribution >= 4 is 45.4 Å². The normalized spacial score (nSPS) is 12.7. The molecule has 0 saturated carbocycles. The first-order chi connectivity index (χ1) is 12.3. The van der Waals surface area contributed by atoms with Gasteiger partial charge in [-0.05, 0) is 31.5 Å². The van der Waals surface area contributed by atoms with Crippen LogP contribution in [0, 0.1) is 18.3 Å². The molecule has 2 heterocycles. The van der Waals surface area contributed by atoms with Crippen molar-refractivity contribution in [3.63, 3.8) is 0 Å². The molecule has 26 heavy (non-hydrogen) atoms. The van der Waals surface area contributed by atoms with Crippen molar-refractivity contribution in [2.75, 3.05) is 16.8 Å².